The van der Waals surface area contributed by atoms with Crippen LogP contribution in [0.2, 0.25) is 0 Å². The van der Waals surface area contributed by atoms with E-state index in [2.05, 4.69) is 22.1 Å². The predicted octanol–water partition coefficient (Wildman–Crippen LogP) is 3.06. The van der Waals surface area contributed by atoms with E-state index in [1.165, 1.54) is 19.3 Å². The van der Waals surface area contributed by atoms with Crippen molar-refractivity contribution in [3.63, 3.8) is 0 Å². The van der Waals surface area contributed by atoms with Crippen LogP contribution in [0.15, 0.2) is 18.3 Å². The van der Waals surface area contributed by atoms with E-state index in [1.54, 1.807) is 6.20 Å². The van der Waals surface area contributed by atoms with Gasteiger partial charge in [0.1, 0.15) is 5.82 Å². The third-order valence-corrected chi connectivity index (χ3v) is 3.73. The lowest BCUT2D eigenvalue weighted by molar-refractivity contribution is -0.122. The second-order valence-electron chi connectivity index (χ2n) is 5.30. The van der Waals surface area contributed by atoms with E-state index in [0.29, 0.717) is 0 Å². The van der Waals surface area contributed by atoms with Gasteiger partial charge >= 0.3 is 0 Å². The summed E-state index contributed by atoms with van der Waals surface area (Å²) >= 11 is 0. The maximum atomic E-state index is 11.8. The van der Waals surface area contributed by atoms with Crippen LogP contribution >= 0.6 is 0 Å². The lowest BCUT2D eigenvalue weighted by Gasteiger charge is -2.24. The molecule has 1 aliphatic rings. The Labute approximate surface area is 115 Å². The van der Waals surface area contributed by atoms with Gasteiger partial charge in [0.2, 0.25) is 5.91 Å². The fraction of sp³-hybridized carbons (Fsp3) is 0.600. The zero-order valence-electron chi connectivity index (χ0n) is 11.9. The molecule has 1 heterocycles. The second-order valence-corrected chi connectivity index (χ2v) is 5.30. The summed E-state index contributed by atoms with van der Waals surface area (Å²) in [5.74, 6) is 1.31. The minimum Gasteiger partial charge on any atom is -0.360 e. The van der Waals surface area contributed by atoms with Crippen molar-refractivity contribution < 1.29 is 4.79 Å². The van der Waals surface area contributed by atoms with Gasteiger partial charge in [0, 0.05) is 19.5 Å². The molecule has 0 unspecified atom stereocenters. The Morgan fingerprint density at radius 3 is 2.79 bits per heavy atom. The molecule has 19 heavy (non-hydrogen) atoms. The molecule has 1 aromatic heterocycles. The highest BCUT2D eigenvalue weighted by Crippen LogP contribution is 2.27. The van der Waals surface area contributed by atoms with Crippen LogP contribution in [0.3, 0.4) is 0 Å². The summed E-state index contributed by atoms with van der Waals surface area (Å²) in [6.07, 6.45) is 7.32. The molecule has 0 atom stereocenters. The molecule has 0 aliphatic heterocycles. The Morgan fingerprint density at radius 2 is 2.26 bits per heavy atom. The van der Waals surface area contributed by atoms with Crippen molar-refractivity contribution >= 4 is 17.4 Å². The summed E-state index contributed by atoms with van der Waals surface area (Å²) < 4.78 is 0. The van der Waals surface area contributed by atoms with E-state index < -0.39 is 0 Å². The SMILES string of the molecule is CCCCN(C)c1ccc(NC(=O)C2CCC2)cn1. The number of nitrogens with one attached hydrogen (secondary N) is 1. The minimum absolute atomic E-state index is 0.139. The van der Waals surface area contributed by atoms with Crippen LogP contribution in [-0.2, 0) is 4.79 Å². The number of amides is 1. The van der Waals surface area contributed by atoms with E-state index in [0.717, 1.165) is 30.9 Å². The molecule has 1 amide bonds. The van der Waals surface area contributed by atoms with Crippen LogP contribution in [0.4, 0.5) is 11.5 Å². The van der Waals surface area contributed by atoms with E-state index in [4.69, 9.17) is 0 Å². The highest BCUT2D eigenvalue weighted by atomic mass is 16.1. The van der Waals surface area contributed by atoms with Gasteiger partial charge in [-0.2, -0.15) is 0 Å². The van der Waals surface area contributed by atoms with Gasteiger partial charge in [-0.05, 0) is 31.4 Å². The standard InChI is InChI=1S/C15H23N3O/c1-3-4-10-18(2)14-9-8-13(11-16-14)17-15(19)12-6-5-7-12/h8-9,11-12H,3-7,10H2,1-2H3,(H,17,19). The van der Waals surface area contributed by atoms with Gasteiger partial charge in [-0.3, -0.25) is 4.79 Å². The van der Waals surface area contributed by atoms with Crippen molar-refractivity contribution in [2.24, 2.45) is 5.92 Å². The van der Waals surface area contributed by atoms with Crippen LogP contribution in [0.1, 0.15) is 39.0 Å². The first-order valence-electron chi connectivity index (χ1n) is 7.18. The molecule has 0 bridgehead atoms. The van der Waals surface area contributed by atoms with E-state index in [9.17, 15) is 4.79 Å². The Bertz CT molecular complexity index is 412. The van der Waals surface area contributed by atoms with E-state index in [-0.39, 0.29) is 11.8 Å². The molecule has 1 N–H and O–H groups in total. The third-order valence-electron chi connectivity index (χ3n) is 3.73. The lowest BCUT2D eigenvalue weighted by Crippen LogP contribution is -2.28. The van der Waals surface area contributed by atoms with Crippen molar-refractivity contribution in [2.45, 2.75) is 39.0 Å². The van der Waals surface area contributed by atoms with Gasteiger partial charge in [0.25, 0.3) is 0 Å². The highest BCUT2D eigenvalue weighted by Gasteiger charge is 2.25. The second kappa shape index (κ2) is 6.55. The maximum absolute atomic E-state index is 11.8. The van der Waals surface area contributed by atoms with Crippen LogP contribution in [-0.4, -0.2) is 24.5 Å². The van der Waals surface area contributed by atoms with Crippen LogP contribution in [0, 0.1) is 5.92 Å². The monoisotopic (exact) mass is 261 g/mol. The zero-order chi connectivity index (χ0) is 13.7. The average Bonchev–Trinajstić information content (AvgIpc) is 2.34. The summed E-state index contributed by atoms with van der Waals surface area (Å²) in [7, 11) is 2.05. The summed E-state index contributed by atoms with van der Waals surface area (Å²) in [6, 6.07) is 3.90. The number of hydrogen-bond donors (Lipinski definition) is 1. The average molecular weight is 261 g/mol. The minimum atomic E-state index is 0.139. The van der Waals surface area contributed by atoms with E-state index in [1.807, 2.05) is 19.2 Å². The van der Waals surface area contributed by atoms with Gasteiger partial charge in [0.05, 0.1) is 11.9 Å². The van der Waals surface area contributed by atoms with Crippen molar-refractivity contribution in [1.82, 2.24) is 4.98 Å². The first-order chi connectivity index (χ1) is 9.20. The molecule has 0 saturated heterocycles. The number of anilines is 2. The Balaban J connectivity index is 1.88. The number of nitrogens with zero attached hydrogens (tertiary/aromatic N) is 2. The molecular formula is C15H23N3O. The molecule has 1 saturated carbocycles. The summed E-state index contributed by atoms with van der Waals surface area (Å²) in [5.41, 5.74) is 0.796. The van der Waals surface area contributed by atoms with Crippen molar-refractivity contribution in [1.29, 1.82) is 0 Å². The Morgan fingerprint density at radius 1 is 1.47 bits per heavy atom. The maximum Gasteiger partial charge on any atom is 0.227 e. The quantitative estimate of drug-likeness (QED) is 0.856. The molecule has 4 nitrogen and oxygen atoms in total. The first-order valence-corrected chi connectivity index (χ1v) is 7.18. The number of hydrogen-bond acceptors (Lipinski definition) is 3. The topological polar surface area (TPSA) is 45.2 Å². The molecule has 4 heteroatoms. The number of carbonyl (C=O) groups is 1. The van der Waals surface area contributed by atoms with Crippen molar-refractivity contribution in [3.05, 3.63) is 18.3 Å². The van der Waals surface area contributed by atoms with Gasteiger partial charge in [-0.1, -0.05) is 19.8 Å². The number of rotatable bonds is 6. The van der Waals surface area contributed by atoms with E-state index >= 15 is 0 Å². The molecule has 0 aromatic carbocycles. The molecule has 2 rings (SSSR count). The molecule has 1 fully saturated rings. The number of aromatic nitrogens is 1. The molecule has 1 aliphatic carbocycles. The molecule has 0 radical (unpaired) electrons. The number of unbranched alkanes of at least 4 members (excludes halogenated alkanes) is 1. The Kier molecular flexibility index (Phi) is 4.77. The Hall–Kier alpha value is -1.58. The predicted molar refractivity (Wildman–Crippen MR) is 78.4 cm³/mol. The summed E-state index contributed by atoms with van der Waals surface area (Å²) in [5, 5.41) is 2.93. The third kappa shape index (κ3) is 3.69. The van der Waals surface area contributed by atoms with Gasteiger partial charge in [-0.25, -0.2) is 4.98 Å². The van der Waals surface area contributed by atoms with Crippen LogP contribution in [0.5, 0.6) is 0 Å². The molecule has 0 spiro atoms. The lowest BCUT2D eigenvalue weighted by atomic mass is 9.85. The van der Waals surface area contributed by atoms with Gasteiger partial charge in [-0.15, -0.1) is 0 Å². The molecule has 104 valence electrons. The number of carbonyl (C=O) groups excluding carboxylic acids is 1. The van der Waals surface area contributed by atoms with Gasteiger partial charge < -0.3 is 10.2 Å². The normalized spacial score (nSPS) is 14.8. The first kappa shape index (κ1) is 13.8. The van der Waals surface area contributed by atoms with Crippen LogP contribution in [0.25, 0.3) is 0 Å². The highest BCUT2D eigenvalue weighted by molar-refractivity contribution is 5.92. The molecular weight excluding hydrogens is 238 g/mol. The summed E-state index contributed by atoms with van der Waals surface area (Å²) in [6.45, 7) is 3.19. The fourth-order valence-electron chi connectivity index (χ4n) is 2.11. The van der Waals surface area contributed by atoms with Crippen molar-refractivity contribution in [2.75, 3.05) is 23.8 Å². The van der Waals surface area contributed by atoms with Gasteiger partial charge in [0.15, 0.2) is 0 Å². The smallest absolute Gasteiger partial charge is 0.227 e. The fourth-order valence-corrected chi connectivity index (χ4v) is 2.11. The molecule has 1 aromatic rings. The summed E-state index contributed by atoms with van der Waals surface area (Å²) in [4.78, 5) is 18.3. The number of pyridine rings is 1. The van der Waals surface area contributed by atoms with Crippen molar-refractivity contribution in [3.8, 4) is 0 Å². The largest absolute Gasteiger partial charge is 0.360 e. The zero-order valence-corrected chi connectivity index (χ0v) is 11.9. The van der Waals surface area contributed by atoms with Crippen LogP contribution < -0.4 is 10.2 Å².